The Hall–Kier alpha value is -3.02. The van der Waals surface area contributed by atoms with Crippen molar-refractivity contribution in [1.29, 1.82) is 0 Å². The Balaban J connectivity index is 1.82. The third-order valence-electron chi connectivity index (χ3n) is 3.08. The zero-order chi connectivity index (χ0) is 16.7. The zero-order valence-electron chi connectivity index (χ0n) is 12.6. The molecule has 2 aromatic rings. The van der Waals surface area contributed by atoms with E-state index in [1.165, 1.54) is 24.3 Å². The summed E-state index contributed by atoms with van der Waals surface area (Å²) in [6.07, 6.45) is 0. The van der Waals surface area contributed by atoms with Gasteiger partial charge in [0.15, 0.2) is 6.61 Å². The second kappa shape index (κ2) is 7.84. The average Bonchev–Trinajstić information content (AvgIpc) is 2.58. The van der Waals surface area contributed by atoms with Crippen LogP contribution in [0.2, 0.25) is 0 Å². The van der Waals surface area contributed by atoms with Crippen LogP contribution in [0.5, 0.6) is 11.5 Å². The number of phenols is 1. The van der Waals surface area contributed by atoms with Gasteiger partial charge in [0.2, 0.25) is 0 Å². The van der Waals surface area contributed by atoms with Crippen LogP contribution in [-0.2, 0) is 16.1 Å². The number of aromatic hydroxyl groups is 1. The molecule has 0 aromatic heterocycles. The first-order valence-corrected chi connectivity index (χ1v) is 6.95. The smallest absolute Gasteiger partial charge is 0.338 e. The van der Waals surface area contributed by atoms with Gasteiger partial charge < -0.3 is 19.9 Å². The van der Waals surface area contributed by atoms with Gasteiger partial charge in [-0.1, -0.05) is 24.3 Å². The van der Waals surface area contributed by atoms with E-state index in [2.05, 4.69) is 5.32 Å². The maximum Gasteiger partial charge on any atom is 0.338 e. The summed E-state index contributed by atoms with van der Waals surface area (Å²) in [5, 5.41) is 11.9. The minimum atomic E-state index is -0.673. The van der Waals surface area contributed by atoms with E-state index in [9.17, 15) is 14.7 Å². The Bertz CT molecular complexity index is 699. The van der Waals surface area contributed by atoms with Crippen molar-refractivity contribution >= 4 is 11.9 Å². The fourth-order valence-corrected chi connectivity index (χ4v) is 1.94. The van der Waals surface area contributed by atoms with Gasteiger partial charge in [0.25, 0.3) is 5.91 Å². The molecule has 120 valence electrons. The monoisotopic (exact) mass is 315 g/mol. The molecule has 2 aromatic carbocycles. The van der Waals surface area contributed by atoms with E-state index < -0.39 is 18.5 Å². The molecular weight excluding hydrogens is 298 g/mol. The van der Waals surface area contributed by atoms with Gasteiger partial charge in [0, 0.05) is 12.1 Å². The number of amides is 1. The van der Waals surface area contributed by atoms with Gasteiger partial charge in [0.1, 0.15) is 11.5 Å². The Kier molecular flexibility index (Phi) is 5.57. The number of nitrogens with one attached hydrogen (secondary N) is 1. The number of carbonyl (C=O) groups is 2. The molecule has 0 aliphatic rings. The van der Waals surface area contributed by atoms with Gasteiger partial charge in [-0.15, -0.1) is 0 Å². The average molecular weight is 315 g/mol. The third-order valence-corrected chi connectivity index (χ3v) is 3.08. The second-order valence-electron chi connectivity index (χ2n) is 4.72. The lowest BCUT2D eigenvalue weighted by Crippen LogP contribution is -2.28. The number of carbonyl (C=O) groups excluding carboxylic acids is 2. The molecule has 0 atom stereocenters. The molecule has 23 heavy (non-hydrogen) atoms. The summed E-state index contributed by atoms with van der Waals surface area (Å²) in [5.41, 5.74) is 1.00. The van der Waals surface area contributed by atoms with Gasteiger partial charge in [-0.25, -0.2) is 4.79 Å². The van der Waals surface area contributed by atoms with Crippen LogP contribution in [0.25, 0.3) is 0 Å². The number of benzene rings is 2. The largest absolute Gasteiger partial charge is 0.508 e. The molecule has 0 aliphatic heterocycles. The molecular formula is C17H17NO5. The number of para-hydroxylation sites is 1. The molecule has 2 N–H and O–H groups in total. The van der Waals surface area contributed by atoms with Crippen molar-refractivity contribution in [2.75, 3.05) is 13.7 Å². The molecule has 0 spiro atoms. The lowest BCUT2D eigenvalue weighted by atomic mass is 10.2. The fraction of sp³-hybridized carbons (Fsp3) is 0.176. The highest BCUT2D eigenvalue weighted by Crippen LogP contribution is 2.16. The van der Waals surface area contributed by atoms with Crippen molar-refractivity contribution in [3.8, 4) is 11.5 Å². The Morgan fingerprint density at radius 3 is 2.65 bits per heavy atom. The summed E-state index contributed by atoms with van der Waals surface area (Å²) in [4.78, 5) is 23.5. The molecule has 0 saturated carbocycles. The molecule has 0 unspecified atom stereocenters. The van der Waals surface area contributed by atoms with Crippen LogP contribution < -0.4 is 10.1 Å². The lowest BCUT2D eigenvalue weighted by Gasteiger charge is -2.10. The zero-order valence-corrected chi connectivity index (χ0v) is 12.6. The topological polar surface area (TPSA) is 84.9 Å². The number of hydrogen-bond acceptors (Lipinski definition) is 5. The maximum atomic E-state index is 11.7. The van der Waals surface area contributed by atoms with E-state index in [-0.39, 0.29) is 17.9 Å². The van der Waals surface area contributed by atoms with Crippen molar-refractivity contribution in [2.45, 2.75) is 6.54 Å². The summed E-state index contributed by atoms with van der Waals surface area (Å²) >= 11 is 0. The van der Waals surface area contributed by atoms with Gasteiger partial charge in [-0.2, -0.15) is 0 Å². The highest BCUT2D eigenvalue weighted by atomic mass is 16.5. The number of esters is 1. The second-order valence-corrected chi connectivity index (χ2v) is 4.72. The number of methoxy groups -OCH3 is 1. The summed E-state index contributed by atoms with van der Waals surface area (Å²) in [7, 11) is 1.55. The van der Waals surface area contributed by atoms with Gasteiger partial charge in [-0.05, 0) is 24.3 Å². The van der Waals surface area contributed by atoms with Gasteiger partial charge >= 0.3 is 5.97 Å². The van der Waals surface area contributed by atoms with E-state index in [4.69, 9.17) is 9.47 Å². The normalized spacial score (nSPS) is 9.96. The van der Waals surface area contributed by atoms with E-state index in [0.717, 1.165) is 5.56 Å². The third kappa shape index (κ3) is 4.74. The summed E-state index contributed by atoms with van der Waals surface area (Å²) in [5.74, 6) is -0.470. The standard InChI is InChI=1S/C17H17NO5/c1-22-15-8-3-2-5-13(15)10-18-16(20)11-23-17(21)12-6-4-7-14(19)9-12/h2-9,19H,10-11H2,1H3,(H,18,20). The van der Waals surface area contributed by atoms with Crippen LogP contribution in [0.15, 0.2) is 48.5 Å². The summed E-state index contributed by atoms with van der Waals surface area (Å²) in [6.45, 7) is -0.129. The first-order chi connectivity index (χ1) is 11.1. The van der Waals surface area contributed by atoms with E-state index >= 15 is 0 Å². The highest BCUT2D eigenvalue weighted by Gasteiger charge is 2.11. The van der Waals surface area contributed by atoms with Crippen molar-refractivity contribution in [1.82, 2.24) is 5.32 Å². The predicted octanol–water partition coefficient (Wildman–Crippen LogP) is 1.87. The van der Waals surface area contributed by atoms with Crippen LogP contribution in [0.4, 0.5) is 0 Å². The molecule has 0 bridgehead atoms. The lowest BCUT2D eigenvalue weighted by molar-refractivity contribution is -0.124. The van der Waals surface area contributed by atoms with Crippen molar-refractivity contribution in [3.05, 3.63) is 59.7 Å². The minimum absolute atomic E-state index is 0.0416. The van der Waals surface area contributed by atoms with Gasteiger partial charge in [-0.3, -0.25) is 4.79 Å². The molecule has 0 aliphatic carbocycles. The molecule has 6 nitrogen and oxygen atoms in total. The quantitative estimate of drug-likeness (QED) is 0.795. The number of ether oxygens (including phenoxy) is 2. The Morgan fingerprint density at radius 2 is 1.91 bits per heavy atom. The molecule has 0 radical (unpaired) electrons. The Labute approximate surface area is 133 Å². The van der Waals surface area contributed by atoms with Crippen LogP contribution in [0.1, 0.15) is 15.9 Å². The van der Waals surface area contributed by atoms with Crippen LogP contribution in [0.3, 0.4) is 0 Å². The van der Waals surface area contributed by atoms with Gasteiger partial charge in [0.05, 0.1) is 12.7 Å². The minimum Gasteiger partial charge on any atom is -0.508 e. The predicted molar refractivity (Wildman–Crippen MR) is 83.2 cm³/mol. The molecule has 2 rings (SSSR count). The molecule has 1 amide bonds. The fourth-order valence-electron chi connectivity index (χ4n) is 1.94. The van der Waals surface area contributed by atoms with Crippen molar-refractivity contribution < 1.29 is 24.2 Å². The molecule has 0 heterocycles. The molecule has 6 heteroatoms. The molecule has 0 saturated heterocycles. The molecule has 0 fully saturated rings. The maximum absolute atomic E-state index is 11.7. The van der Waals surface area contributed by atoms with Crippen LogP contribution >= 0.6 is 0 Å². The summed E-state index contributed by atoms with van der Waals surface area (Å²) in [6, 6.07) is 13.0. The van der Waals surface area contributed by atoms with E-state index in [1.807, 2.05) is 18.2 Å². The van der Waals surface area contributed by atoms with Crippen LogP contribution in [-0.4, -0.2) is 30.7 Å². The SMILES string of the molecule is COc1ccccc1CNC(=O)COC(=O)c1cccc(O)c1. The number of rotatable bonds is 6. The number of hydrogen-bond donors (Lipinski definition) is 2. The van der Waals surface area contributed by atoms with E-state index in [0.29, 0.717) is 5.75 Å². The Morgan fingerprint density at radius 1 is 1.13 bits per heavy atom. The van der Waals surface area contributed by atoms with Crippen molar-refractivity contribution in [3.63, 3.8) is 0 Å². The van der Waals surface area contributed by atoms with Crippen molar-refractivity contribution in [2.24, 2.45) is 0 Å². The van der Waals surface area contributed by atoms with E-state index in [1.54, 1.807) is 13.2 Å². The summed E-state index contributed by atoms with van der Waals surface area (Å²) < 4.78 is 10.1. The highest BCUT2D eigenvalue weighted by molar-refractivity contribution is 5.91. The number of phenolic OH excluding ortho intramolecular Hbond substituents is 1. The van der Waals surface area contributed by atoms with Crippen LogP contribution in [0, 0.1) is 0 Å². The first-order valence-electron chi connectivity index (χ1n) is 6.95. The first kappa shape index (κ1) is 16.4.